The van der Waals surface area contributed by atoms with Crippen LogP contribution in [0.5, 0.6) is 0 Å². The molecule has 0 aromatic rings. The van der Waals surface area contributed by atoms with E-state index >= 15 is 0 Å². The average Bonchev–Trinajstić information content (AvgIpc) is 2.23. The molecule has 0 saturated heterocycles. The minimum atomic E-state index is -1.10. The van der Waals surface area contributed by atoms with E-state index in [9.17, 15) is 14.7 Å². The summed E-state index contributed by atoms with van der Waals surface area (Å²) in [5.74, 6) is -0.525. The second-order valence-corrected chi connectivity index (χ2v) is 6.62. The van der Waals surface area contributed by atoms with Gasteiger partial charge >= 0.3 is 0 Å². The van der Waals surface area contributed by atoms with Gasteiger partial charge in [0.25, 0.3) is 0 Å². The van der Waals surface area contributed by atoms with Gasteiger partial charge in [0.1, 0.15) is 6.29 Å². The highest BCUT2D eigenvalue weighted by Gasteiger charge is 2.35. The van der Waals surface area contributed by atoms with E-state index in [1.807, 2.05) is 20.8 Å². The molecule has 0 fully saturated rings. The fourth-order valence-electron chi connectivity index (χ4n) is 1.70. The van der Waals surface area contributed by atoms with Crippen molar-refractivity contribution in [3.63, 3.8) is 0 Å². The number of aliphatic hydroxyl groups is 1. The van der Waals surface area contributed by atoms with E-state index in [4.69, 9.17) is 9.47 Å². The van der Waals surface area contributed by atoms with Crippen molar-refractivity contribution in [2.75, 3.05) is 6.61 Å². The van der Waals surface area contributed by atoms with Crippen molar-refractivity contribution >= 4 is 12.6 Å². The lowest BCUT2D eigenvalue weighted by atomic mass is 9.78. The summed E-state index contributed by atoms with van der Waals surface area (Å²) in [6.07, 6.45) is -0.588. The molecule has 5 heteroatoms. The topological polar surface area (TPSA) is 72.8 Å². The van der Waals surface area contributed by atoms with E-state index in [1.165, 1.54) is 0 Å². The van der Waals surface area contributed by atoms with Crippen LogP contribution in [0.4, 0.5) is 0 Å². The molecule has 19 heavy (non-hydrogen) atoms. The average molecular weight is 274 g/mol. The third-order valence-electron chi connectivity index (χ3n) is 2.62. The molecule has 1 N–H and O–H groups in total. The molecule has 3 unspecified atom stereocenters. The lowest BCUT2D eigenvalue weighted by molar-refractivity contribution is -0.219. The van der Waals surface area contributed by atoms with Gasteiger partial charge < -0.3 is 19.4 Å². The predicted octanol–water partition coefficient (Wildman–Crippen LogP) is 1.57. The van der Waals surface area contributed by atoms with Gasteiger partial charge in [-0.1, -0.05) is 20.8 Å². The van der Waals surface area contributed by atoms with Crippen molar-refractivity contribution in [3.05, 3.63) is 0 Å². The summed E-state index contributed by atoms with van der Waals surface area (Å²) in [6, 6.07) is 0. The van der Waals surface area contributed by atoms with Crippen LogP contribution in [-0.4, -0.2) is 42.3 Å². The molecule has 0 aliphatic carbocycles. The standard InChI is InChI=1S/C14H26O5/c1-13(2,3)10(7-15)11(8-16)18-12(9-17)19-14(4,5)6/h7,9-12,16H,8H2,1-6H3. The summed E-state index contributed by atoms with van der Waals surface area (Å²) < 4.78 is 10.8. The van der Waals surface area contributed by atoms with Gasteiger partial charge in [-0.25, -0.2) is 0 Å². The first-order valence-corrected chi connectivity index (χ1v) is 6.40. The second kappa shape index (κ2) is 7.12. The summed E-state index contributed by atoms with van der Waals surface area (Å²) in [4.78, 5) is 22.2. The Kier molecular flexibility index (Phi) is 6.83. The van der Waals surface area contributed by atoms with E-state index < -0.39 is 23.9 Å². The monoisotopic (exact) mass is 274 g/mol. The molecule has 0 heterocycles. The highest BCUT2D eigenvalue weighted by molar-refractivity contribution is 5.57. The Morgan fingerprint density at radius 3 is 1.84 bits per heavy atom. The number of rotatable bonds is 7. The van der Waals surface area contributed by atoms with Gasteiger partial charge in [0.15, 0.2) is 6.29 Å². The van der Waals surface area contributed by atoms with Gasteiger partial charge in [0, 0.05) is 5.92 Å². The van der Waals surface area contributed by atoms with Crippen LogP contribution in [0.25, 0.3) is 0 Å². The largest absolute Gasteiger partial charge is 0.394 e. The summed E-state index contributed by atoms with van der Waals surface area (Å²) in [5, 5.41) is 9.38. The molecule has 112 valence electrons. The Morgan fingerprint density at radius 1 is 1.05 bits per heavy atom. The van der Waals surface area contributed by atoms with Crippen molar-refractivity contribution in [1.29, 1.82) is 0 Å². The van der Waals surface area contributed by atoms with Crippen LogP contribution in [0.1, 0.15) is 41.5 Å². The highest BCUT2D eigenvalue weighted by Crippen LogP contribution is 2.29. The first-order chi connectivity index (χ1) is 8.55. The first kappa shape index (κ1) is 18.2. The van der Waals surface area contributed by atoms with E-state index in [0.717, 1.165) is 6.29 Å². The Balaban J connectivity index is 4.86. The molecule has 0 amide bonds. The zero-order valence-electron chi connectivity index (χ0n) is 12.7. The Labute approximate surface area is 115 Å². The van der Waals surface area contributed by atoms with Crippen molar-refractivity contribution in [2.24, 2.45) is 11.3 Å². The maximum atomic E-state index is 11.2. The van der Waals surface area contributed by atoms with E-state index in [0.29, 0.717) is 6.29 Å². The number of aldehydes is 2. The summed E-state index contributed by atoms with van der Waals surface area (Å²) in [5.41, 5.74) is -0.922. The second-order valence-electron chi connectivity index (χ2n) is 6.62. The zero-order chi connectivity index (χ0) is 15.3. The van der Waals surface area contributed by atoms with Crippen molar-refractivity contribution < 1.29 is 24.2 Å². The highest BCUT2D eigenvalue weighted by atomic mass is 16.7. The minimum Gasteiger partial charge on any atom is -0.394 e. The van der Waals surface area contributed by atoms with Gasteiger partial charge in [-0.2, -0.15) is 0 Å². The molecular weight excluding hydrogens is 248 g/mol. The Bertz CT molecular complexity index is 287. The maximum absolute atomic E-state index is 11.2. The number of hydrogen-bond acceptors (Lipinski definition) is 5. The Morgan fingerprint density at radius 2 is 1.58 bits per heavy atom. The normalized spacial score (nSPS) is 17.6. The lowest BCUT2D eigenvalue weighted by Crippen LogP contribution is -2.42. The number of ether oxygens (including phenoxy) is 2. The summed E-state index contributed by atoms with van der Waals surface area (Å²) in [7, 11) is 0. The lowest BCUT2D eigenvalue weighted by Gasteiger charge is -2.34. The van der Waals surface area contributed by atoms with Crippen LogP contribution in [0.2, 0.25) is 0 Å². The number of carbonyl (C=O) groups is 2. The van der Waals surface area contributed by atoms with E-state index in [1.54, 1.807) is 20.8 Å². The molecule has 0 aliphatic rings. The van der Waals surface area contributed by atoms with Crippen molar-refractivity contribution in [2.45, 2.75) is 59.5 Å². The molecule has 0 radical (unpaired) electrons. The molecule has 0 bridgehead atoms. The summed E-state index contributed by atoms with van der Waals surface area (Å²) in [6.45, 7) is 10.7. The zero-order valence-corrected chi connectivity index (χ0v) is 12.7. The molecule has 0 aliphatic heterocycles. The van der Waals surface area contributed by atoms with Crippen LogP contribution in [-0.2, 0) is 19.1 Å². The smallest absolute Gasteiger partial charge is 0.215 e. The fraction of sp³-hybridized carbons (Fsp3) is 0.857. The maximum Gasteiger partial charge on any atom is 0.215 e. The molecule has 5 nitrogen and oxygen atoms in total. The van der Waals surface area contributed by atoms with Gasteiger partial charge in [-0.15, -0.1) is 0 Å². The molecule has 0 aromatic heterocycles. The van der Waals surface area contributed by atoms with Crippen molar-refractivity contribution in [1.82, 2.24) is 0 Å². The van der Waals surface area contributed by atoms with E-state index in [-0.39, 0.29) is 12.0 Å². The molecule has 0 aromatic carbocycles. The Hall–Kier alpha value is -0.780. The molecule has 3 atom stereocenters. The third-order valence-corrected chi connectivity index (χ3v) is 2.62. The van der Waals surface area contributed by atoms with Crippen LogP contribution in [0, 0.1) is 11.3 Å². The minimum absolute atomic E-state index is 0.349. The van der Waals surface area contributed by atoms with Crippen LogP contribution >= 0.6 is 0 Å². The fourth-order valence-corrected chi connectivity index (χ4v) is 1.70. The van der Waals surface area contributed by atoms with E-state index in [2.05, 4.69) is 0 Å². The van der Waals surface area contributed by atoms with Crippen LogP contribution < -0.4 is 0 Å². The number of hydrogen-bond donors (Lipinski definition) is 1. The van der Waals surface area contributed by atoms with Gasteiger partial charge in [0.2, 0.25) is 6.29 Å². The molecular formula is C14H26O5. The molecule has 0 rings (SSSR count). The number of carbonyl (C=O) groups excluding carboxylic acids is 2. The molecule has 0 spiro atoms. The SMILES string of the molecule is CC(C)(C)OC(C=O)OC(CO)C(C=O)C(C)(C)C. The quantitative estimate of drug-likeness (QED) is 0.563. The number of aliphatic hydroxyl groups excluding tert-OH is 1. The third kappa shape index (κ3) is 6.80. The predicted molar refractivity (Wildman–Crippen MR) is 71.7 cm³/mol. The summed E-state index contributed by atoms with van der Waals surface area (Å²) >= 11 is 0. The van der Waals surface area contributed by atoms with Crippen molar-refractivity contribution in [3.8, 4) is 0 Å². The first-order valence-electron chi connectivity index (χ1n) is 6.40. The molecule has 0 saturated carbocycles. The van der Waals surface area contributed by atoms with Crippen LogP contribution in [0.3, 0.4) is 0 Å². The van der Waals surface area contributed by atoms with Crippen LogP contribution in [0.15, 0.2) is 0 Å². The van der Waals surface area contributed by atoms with Gasteiger partial charge in [-0.05, 0) is 26.2 Å². The van der Waals surface area contributed by atoms with Gasteiger partial charge in [-0.3, -0.25) is 4.79 Å². The van der Waals surface area contributed by atoms with Gasteiger partial charge in [0.05, 0.1) is 18.3 Å².